The molecule has 8 nitrogen and oxygen atoms in total. The third kappa shape index (κ3) is 6.16. The van der Waals surface area contributed by atoms with Crippen molar-refractivity contribution in [1.29, 1.82) is 0 Å². The molecule has 41 heavy (non-hydrogen) atoms. The molecule has 0 bridgehead atoms. The SMILES string of the molecule is COCCn1c(Cc2cc(F)c(-c3cccc(OCc4ccc(Cl)nc4F)n3)cc2F)nc2ccc(C(=O)O)cc21. The Balaban J connectivity index is 1.41. The van der Waals surface area contributed by atoms with Crippen molar-refractivity contribution in [2.24, 2.45) is 0 Å². The number of carboxylic acid groups (broad SMARTS) is 1. The first kappa shape index (κ1) is 28.1. The number of fused-ring (bicyclic) bond motifs is 1. The quantitative estimate of drug-likeness (QED) is 0.199. The molecule has 0 aliphatic heterocycles. The minimum absolute atomic E-state index is 0.00636. The van der Waals surface area contributed by atoms with E-state index in [1.54, 1.807) is 16.7 Å². The van der Waals surface area contributed by atoms with Gasteiger partial charge in [0.2, 0.25) is 11.8 Å². The van der Waals surface area contributed by atoms with Gasteiger partial charge in [0.1, 0.15) is 29.2 Å². The van der Waals surface area contributed by atoms with Gasteiger partial charge in [-0.25, -0.2) is 28.5 Å². The summed E-state index contributed by atoms with van der Waals surface area (Å²) < 4.78 is 57.1. The van der Waals surface area contributed by atoms with E-state index in [2.05, 4.69) is 15.0 Å². The molecule has 0 radical (unpaired) electrons. The van der Waals surface area contributed by atoms with Gasteiger partial charge in [0.25, 0.3) is 0 Å². The van der Waals surface area contributed by atoms with Crippen molar-refractivity contribution in [3.8, 4) is 17.1 Å². The maximum absolute atomic E-state index is 15.3. The van der Waals surface area contributed by atoms with Gasteiger partial charge < -0.3 is 19.1 Å². The zero-order valence-electron chi connectivity index (χ0n) is 21.6. The topological polar surface area (TPSA) is 99.4 Å². The van der Waals surface area contributed by atoms with Gasteiger partial charge in [0.15, 0.2) is 0 Å². The molecule has 0 aliphatic rings. The van der Waals surface area contributed by atoms with E-state index in [1.165, 1.54) is 43.5 Å². The number of hydrogen-bond donors (Lipinski definition) is 1. The normalized spacial score (nSPS) is 11.2. The number of carbonyl (C=O) groups is 1. The van der Waals surface area contributed by atoms with Crippen LogP contribution in [0.25, 0.3) is 22.3 Å². The molecule has 12 heteroatoms. The molecule has 0 fully saturated rings. The molecule has 3 aromatic heterocycles. The van der Waals surface area contributed by atoms with Gasteiger partial charge in [0, 0.05) is 37.3 Å². The van der Waals surface area contributed by atoms with E-state index in [-0.39, 0.29) is 52.0 Å². The summed E-state index contributed by atoms with van der Waals surface area (Å²) in [5.74, 6) is -2.77. The average Bonchev–Trinajstić information content (AvgIpc) is 3.29. The molecule has 0 spiro atoms. The monoisotopic (exact) mass is 582 g/mol. The third-order valence-electron chi connectivity index (χ3n) is 6.34. The fourth-order valence-electron chi connectivity index (χ4n) is 4.31. The standard InChI is InChI=1S/C29H22ClF3N4O4/c1-40-10-9-37-24-12-16(29(38)39)5-7-23(24)34-26(37)13-18-11-21(32)19(14-20(18)31)22-3-2-4-27(35-22)41-15-17-6-8-25(30)36-28(17)33/h2-8,11-12,14H,9-10,13,15H2,1H3,(H,38,39). The van der Waals surface area contributed by atoms with Crippen LogP contribution in [0.3, 0.4) is 0 Å². The van der Waals surface area contributed by atoms with Gasteiger partial charge in [-0.2, -0.15) is 4.39 Å². The second kappa shape index (κ2) is 11.9. The van der Waals surface area contributed by atoms with Crippen LogP contribution in [0.1, 0.15) is 27.3 Å². The van der Waals surface area contributed by atoms with Crippen LogP contribution < -0.4 is 4.74 Å². The van der Waals surface area contributed by atoms with Crippen molar-refractivity contribution in [3.05, 3.63) is 106 Å². The van der Waals surface area contributed by atoms with Gasteiger partial charge in [-0.05, 0) is 54.1 Å². The summed E-state index contributed by atoms with van der Waals surface area (Å²) in [5.41, 5.74) is 1.39. The summed E-state index contributed by atoms with van der Waals surface area (Å²) in [6.45, 7) is 0.442. The van der Waals surface area contributed by atoms with E-state index in [4.69, 9.17) is 21.1 Å². The fourth-order valence-corrected chi connectivity index (χ4v) is 4.45. The van der Waals surface area contributed by atoms with Crippen LogP contribution in [-0.2, 0) is 24.3 Å². The zero-order chi connectivity index (χ0) is 29.1. The number of imidazole rings is 1. The number of aromatic nitrogens is 4. The van der Waals surface area contributed by atoms with Crippen molar-refractivity contribution >= 4 is 28.6 Å². The molecule has 210 valence electrons. The second-order valence-corrected chi connectivity index (χ2v) is 9.40. The second-order valence-electron chi connectivity index (χ2n) is 9.02. The highest BCUT2D eigenvalue weighted by Crippen LogP contribution is 2.28. The van der Waals surface area contributed by atoms with Crippen molar-refractivity contribution in [3.63, 3.8) is 0 Å². The highest BCUT2D eigenvalue weighted by Gasteiger charge is 2.18. The smallest absolute Gasteiger partial charge is 0.335 e. The lowest BCUT2D eigenvalue weighted by atomic mass is 10.0. The minimum Gasteiger partial charge on any atom is -0.478 e. The molecule has 2 aromatic carbocycles. The first-order valence-electron chi connectivity index (χ1n) is 12.3. The Bertz CT molecular complexity index is 1760. The van der Waals surface area contributed by atoms with Gasteiger partial charge in [0.05, 0.1) is 28.9 Å². The number of carboxylic acids is 1. The molecule has 5 aromatic rings. The van der Waals surface area contributed by atoms with E-state index in [0.29, 0.717) is 30.0 Å². The number of methoxy groups -OCH3 is 1. The van der Waals surface area contributed by atoms with E-state index in [0.717, 1.165) is 12.1 Å². The number of nitrogens with zero attached hydrogens (tertiary/aromatic N) is 4. The Morgan fingerprint density at radius 2 is 1.80 bits per heavy atom. The highest BCUT2D eigenvalue weighted by atomic mass is 35.5. The van der Waals surface area contributed by atoms with Crippen LogP contribution in [0, 0.1) is 17.6 Å². The predicted octanol–water partition coefficient (Wildman–Crippen LogP) is 6.08. The lowest BCUT2D eigenvalue weighted by Gasteiger charge is -2.12. The van der Waals surface area contributed by atoms with Crippen molar-refractivity contribution in [2.45, 2.75) is 19.6 Å². The van der Waals surface area contributed by atoms with Crippen LogP contribution >= 0.6 is 11.6 Å². The highest BCUT2D eigenvalue weighted by molar-refractivity contribution is 6.29. The van der Waals surface area contributed by atoms with E-state index < -0.39 is 23.6 Å². The maximum atomic E-state index is 15.3. The number of rotatable bonds is 10. The van der Waals surface area contributed by atoms with Crippen molar-refractivity contribution < 1.29 is 32.5 Å². The van der Waals surface area contributed by atoms with E-state index >= 15 is 8.78 Å². The summed E-state index contributed by atoms with van der Waals surface area (Å²) in [4.78, 5) is 23.8. The fraction of sp³-hybridized carbons (Fsp3) is 0.172. The number of hydrogen-bond acceptors (Lipinski definition) is 6. The Morgan fingerprint density at radius 1 is 0.976 bits per heavy atom. The third-order valence-corrected chi connectivity index (χ3v) is 6.56. The lowest BCUT2D eigenvalue weighted by molar-refractivity contribution is 0.0697. The number of pyridine rings is 2. The van der Waals surface area contributed by atoms with Gasteiger partial charge >= 0.3 is 5.97 Å². The molecule has 0 saturated heterocycles. The van der Waals surface area contributed by atoms with Crippen LogP contribution in [0.2, 0.25) is 5.15 Å². The van der Waals surface area contributed by atoms with Crippen molar-refractivity contribution in [2.75, 3.05) is 13.7 Å². The molecule has 0 atom stereocenters. The van der Waals surface area contributed by atoms with Crippen LogP contribution in [-0.4, -0.2) is 44.3 Å². The Morgan fingerprint density at radius 3 is 2.56 bits per heavy atom. The zero-order valence-corrected chi connectivity index (χ0v) is 22.3. The molecule has 0 unspecified atom stereocenters. The van der Waals surface area contributed by atoms with Crippen molar-refractivity contribution in [1.82, 2.24) is 19.5 Å². The molecule has 1 N–H and O–H groups in total. The minimum atomic E-state index is -1.09. The predicted molar refractivity (Wildman–Crippen MR) is 145 cm³/mol. The van der Waals surface area contributed by atoms with Crippen LogP contribution in [0.4, 0.5) is 13.2 Å². The van der Waals surface area contributed by atoms with E-state index in [9.17, 15) is 14.3 Å². The van der Waals surface area contributed by atoms with Crippen LogP contribution in [0.15, 0.2) is 60.7 Å². The molecule has 0 saturated carbocycles. The number of ether oxygens (including phenoxy) is 2. The number of benzene rings is 2. The molecule has 0 aliphatic carbocycles. The largest absolute Gasteiger partial charge is 0.478 e. The Kier molecular flexibility index (Phi) is 8.18. The Labute approximate surface area is 237 Å². The van der Waals surface area contributed by atoms with E-state index in [1.807, 2.05) is 0 Å². The van der Waals surface area contributed by atoms with Gasteiger partial charge in [-0.15, -0.1) is 0 Å². The lowest BCUT2D eigenvalue weighted by Crippen LogP contribution is -2.10. The van der Waals surface area contributed by atoms with Crippen LogP contribution in [0.5, 0.6) is 5.88 Å². The summed E-state index contributed by atoms with van der Waals surface area (Å²) in [6.07, 6.45) is -0.0545. The summed E-state index contributed by atoms with van der Waals surface area (Å²) in [6, 6.07) is 14.0. The first-order valence-corrected chi connectivity index (χ1v) is 12.7. The molecular weight excluding hydrogens is 561 g/mol. The van der Waals surface area contributed by atoms with Gasteiger partial charge in [-0.3, -0.25) is 0 Å². The average molecular weight is 583 g/mol. The first-order chi connectivity index (χ1) is 19.7. The molecule has 0 amide bonds. The molecular formula is C29H22ClF3N4O4. The Hall–Kier alpha value is -4.48. The van der Waals surface area contributed by atoms with Gasteiger partial charge in [-0.1, -0.05) is 17.7 Å². The summed E-state index contributed by atoms with van der Waals surface area (Å²) >= 11 is 5.67. The maximum Gasteiger partial charge on any atom is 0.335 e. The molecule has 5 rings (SSSR count). The summed E-state index contributed by atoms with van der Waals surface area (Å²) in [5, 5.41) is 9.39. The number of halogens is 4. The number of aromatic carboxylic acids is 1. The molecule has 3 heterocycles. The summed E-state index contributed by atoms with van der Waals surface area (Å²) in [7, 11) is 1.52.